The maximum absolute atomic E-state index is 11.6. The first-order chi connectivity index (χ1) is 9.43. The molecule has 108 valence electrons. The van der Waals surface area contributed by atoms with Crippen molar-refractivity contribution in [3.8, 4) is 0 Å². The molecule has 1 aliphatic rings. The molecule has 0 spiro atoms. The van der Waals surface area contributed by atoms with Crippen LogP contribution in [0.3, 0.4) is 0 Å². The van der Waals surface area contributed by atoms with Crippen molar-refractivity contribution in [3.05, 3.63) is 34.4 Å². The number of non-ortho nitro benzene ring substituents is 1. The van der Waals surface area contributed by atoms with Gasteiger partial charge in [-0.25, -0.2) is 4.79 Å². The fourth-order valence-electron chi connectivity index (χ4n) is 2.50. The molecule has 0 saturated heterocycles. The zero-order valence-corrected chi connectivity index (χ0v) is 10.9. The molecule has 0 amide bonds. The highest BCUT2D eigenvalue weighted by atomic mass is 16.6. The van der Waals surface area contributed by atoms with E-state index < -0.39 is 16.4 Å². The molecule has 1 fully saturated rings. The number of benzene rings is 1. The van der Waals surface area contributed by atoms with Gasteiger partial charge in [0.05, 0.1) is 4.92 Å². The molecule has 1 aliphatic carbocycles. The minimum atomic E-state index is -1.09. The lowest BCUT2D eigenvalue weighted by Gasteiger charge is -2.37. The molecule has 0 aliphatic heterocycles. The molecule has 7 heteroatoms. The molecule has 0 heterocycles. The number of hydrogen-bond donors (Lipinski definition) is 3. The van der Waals surface area contributed by atoms with Gasteiger partial charge in [-0.3, -0.25) is 10.1 Å². The fraction of sp³-hybridized carbons (Fsp3) is 0.462. The fourth-order valence-corrected chi connectivity index (χ4v) is 2.50. The lowest BCUT2D eigenvalue weighted by Crippen LogP contribution is -2.51. The Kier molecular flexibility index (Phi) is 3.89. The SMILES string of the molecule is NC1CCC(Nc2cccc([N+](=O)[O-])c2)(C(=O)O)CC1. The van der Waals surface area contributed by atoms with Gasteiger partial charge in [0.1, 0.15) is 5.54 Å². The lowest BCUT2D eigenvalue weighted by molar-refractivity contribution is -0.384. The first-order valence-electron chi connectivity index (χ1n) is 6.44. The molecule has 1 aromatic rings. The average Bonchev–Trinajstić information content (AvgIpc) is 2.41. The highest BCUT2D eigenvalue weighted by molar-refractivity contribution is 5.83. The third kappa shape index (κ3) is 2.88. The van der Waals surface area contributed by atoms with Crippen molar-refractivity contribution >= 4 is 17.3 Å². The Morgan fingerprint density at radius 3 is 2.65 bits per heavy atom. The predicted octanol–water partition coefficient (Wildman–Crippen LogP) is 1.73. The summed E-state index contributed by atoms with van der Waals surface area (Å²) in [7, 11) is 0. The summed E-state index contributed by atoms with van der Waals surface area (Å²) in [5.41, 5.74) is 5.09. The molecule has 20 heavy (non-hydrogen) atoms. The van der Waals surface area contributed by atoms with Crippen molar-refractivity contribution in [3.63, 3.8) is 0 Å². The molecular formula is C13H17N3O4. The molecule has 0 unspecified atom stereocenters. The van der Waals surface area contributed by atoms with Crippen LogP contribution >= 0.6 is 0 Å². The minimum absolute atomic E-state index is 0.0226. The molecular weight excluding hydrogens is 262 g/mol. The van der Waals surface area contributed by atoms with Gasteiger partial charge in [-0.2, -0.15) is 0 Å². The molecule has 0 aromatic heterocycles. The second kappa shape index (κ2) is 5.46. The van der Waals surface area contributed by atoms with E-state index in [9.17, 15) is 20.0 Å². The number of anilines is 1. The molecule has 1 aromatic carbocycles. The summed E-state index contributed by atoms with van der Waals surface area (Å²) >= 11 is 0. The van der Waals surface area contributed by atoms with E-state index in [4.69, 9.17) is 5.73 Å². The number of nitrogens with zero attached hydrogens (tertiary/aromatic N) is 1. The Hall–Kier alpha value is -2.15. The van der Waals surface area contributed by atoms with Crippen LogP contribution in [0.5, 0.6) is 0 Å². The number of rotatable bonds is 4. The topological polar surface area (TPSA) is 118 Å². The number of nitro benzene ring substituents is 1. The molecule has 0 radical (unpaired) electrons. The molecule has 0 bridgehead atoms. The zero-order valence-electron chi connectivity index (χ0n) is 10.9. The van der Waals surface area contributed by atoms with Crippen LogP contribution in [-0.2, 0) is 4.79 Å². The van der Waals surface area contributed by atoms with Crippen molar-refractivity contribution in [2.45, 2.75) is 37.3 Å². The second-order valence-corrected chi connectivity index (χ2v) is 5.16. The number of nitrogens with two attached hydrogens (primary N) is 1. The van der Waals surface area contributed by atoms with E-state index in [0.717, 1.165) is 0 Å². The number of nitro groups is 1. The minimum Gasteiger partial charge on any atom is -0.480 e. The number of nitrogens with one attached hydrogen (secondary N) is 1. The molecule has 7 nitrogen and oxygen atoms in total. The number of aliphatic carboxylic acids is 1. The van der Waals surface area contributed by atoms with E-state index in [1.54, 1.807) is 6.07 Å². The van der Waals surface area contributed by atoms with Gasteiger partial charge in [0.25, 0.3) is 5.69 Å². The Balaban J connectivity index is 2.23. The molecule has 1 saturated carbocycles. The maximum atomic E-state index is 11.6. The summed E-state index contributed by atoms with van der Waals surface area (Å²) in [6.07, 6.45) is 2.06. The van der Waals surface area contributed by atoms with E-state index >= 15 is 0 Å². The largest absolute Gasteiger partial charge is 0.480 e. The van der Waals surface area contributed by atoms with Crippen molar-refractivity contribution in [1.82, 2.24) is 0 Å². The van der Waals surface area contributed by atoms with Gasteiger partial charge in [0.15, 0.2) is 0 Å². The standard InChI is InChI=1S/C13H17N3O4/c14-9-4-6-13(7-5-9,12(17)18)15-10-2-1-3-11(8-10)16(19)20/h1-3,8-9,15H,4-7,14H2,(H,17,18). The number of carboxylic acid groups (broad SMARTS) is 1. The monoisotopic (exact) mass is 279 g/mol. The number of carboxylic acids is 1. The van der Waals surface area contributed by atoms with Gasteiger partial charge in [0.2, 0.25) is 0 Å². The van der Waals surface area contributed by atoms with Crippen LogP contribution in [0.1, 0.15) is 25.7 Å². The quantitative estimate of drug-likeness (QED) is 0.570. The van der Waals surface area contributed by atoms with Gasteiger partial charge < -0.3 is 16.2 Å². The highest BCUT2D eigenvalue weighted by Crippen LogP contribution is 2.32. The summed E-state index contributed by atoms with van der Waals surface area (Å²) in [4.78, 5) is 21.8. The average molecular weight is 279 g/mol. The first-order valence-corrected chi connectivity index (χ1v) is 6.44. The Morgan fingerprint density at radius 1 is 1.45 bits per heavy atom. The van der Waals surface area contributed by atoms with Crippen LogP contribution in [-0.4, -0.2) is 27.6 Å². The predicted molar refractivity (Wildman–Crippen MR) is 73.5 cm³/mol. The van der Waals surface area contributed by atoms with E-state index in [2.05, 4.69) is 5.32 Å². The van der Waals surface area contributed by atoms with Gasteiger partial charge in [0, 0.05) is 23.9 Å². The van der Waals surface area contributed by atoms with Crippen LogP contribution < -0.4 is 11.1 Å². The molecule has 0 atom stereocenters. The van der Waals surface area contributed by atoms with Gasteiger partial charge in [-0.15, -0.1) is 0 Å². The summed E-state index contributed by atoms with van der Waals surface area (Å²) in [6.45, 7) is 0. The Morgan fingerprint density at radius 2 is 2.10 bits per heavy atom. The Bertz CT molecular complexity index is 524. The van der Waals surface area contributed by atoms with E-state index in [1.807, 2.05) is 0 Å². The van der Waals surface area contributed by atoms with Gasteiger partial charge in [-0.1, -0.05) is 6.07 Å². The van der Waals surface area contributed by atoms with Crippen molar-refractivity contribution in [1.29, 1.82) is 0 Å². The number of hydrogen-bond acceptors (Lipinski definition) is 5. The van der Waals surface area contributed by atoms with Crippen LogP contribution in [0, 0.1) is 10.1 Å². The smallest absolute Gasteiger partial charge is 0.329 e. The summed E-state index contributed by atoms with van der Waals surface area (Å²) in [5, 5.41) is 23.2. The molecule has 4 N–H and O–H groups in total. The summed E-state index contributed by atoms with van der Waals surface area (Å²) in [5.74, 6) is -0.948. The normalized spacial score (nSPS) is 25.9. The van der Waals surface area contributed by atoms with Crippen molar-refractivity contribution < 1.29 is 14.8 Å². The van der Waals surface area contributed by atoms with Crippen molar-refractivity contribution in [2.24, 2.45) is 5.73 Å². The number of carbonyl (C=O) groups is 1. The summed E-state index contributed by atoms with van der Waals surface area (Å²) < 4.78 is 0. The van der Waals surface area contributed by atoms with E-state index in [-0.39, 0.29) is 11.7 Å². The van der Waals surface area contributed by atoms with Crippen LogP contribution in [0.2, 0.25) is 0 Å². The third-order valence-electron chi connectivity index (χ3n) is 3.73. The highest BCUT2D eigenvalue weighted by Gasteiger charge is 2.41. The van der Waals surface area contributed by atoms with Gasteiger partial charge in [-0.05, 0) is 31.7 Å². The van der Waals surface area contributed by atoms with Crippen LogP contribution in [0.25, 0.3) is 0 Å². The van der Waals surface area contributed by atoms with Crippen molar-refractivity contribution in [2.75, 3.05) is 5.32 Å². The third-order valence-corrected chi connectivity index (χ3v) is 3.73. The second-order valence-electron chi connectivity index (χ2n) is 5.16. The van der Waals surface area contributed by atoms with Crippen LogP contribution in [0.4, 0.5) is 11.4 Å². The first kappa shape index (κ1) is 14.3. The lowest BCUT2D eigenvalue weighted by atomic mass is 9.79. The zero-order chi connectivity index (χ0) is 14.8. The summed E-state index contributed by atoms with van der Waals surface area (Å²) in [6, 6.07) is 5.90. The maximum Gasteiger partial charge on any atom is 0.329 e. The van der Waals surface area contributed by atoms with Crippen LogP contribution in [0.15, 0.2) is 24.3 Å². The van der Waals surface area contributed by atoms with E-state index in [0.29, 0.717) is 31.4 Å². The Labute approximate surface area is 115 Å². The van der Waals surface area contributed by atoms with Gasteiger partial charge >= 0.3 is 5.97 Å². The molecule has 2 rings (SSSR count). The van der Waals surface area contributed by atoms with E-state index in [1.165, 1.54) is 18.2 Å².